The van der Waals surface area contributed by atoms with Gasteiger partial charge in [-0.05, 0) is 23.3 Å². The third-order valence-corrected chi connectivity index (χ3v) is 3.94. The molecule has 0 fully saturated rings. The summed E-state index contributed by atoms with van der Waals surface area (Å²) in [5.74, 6) is 0.221. The summed E-state index contributed by atoms with van der Waals surface area (Å²) in [6.07, 6.45) is -0.901. The highest BCUT2D eigenvalue weighted by Crippen LogP contribution is 2.25. The molecular weight excluding hydrogens is 330 g/mol. The Hall–Kier alpha value is -2.08. The summed E-state index contributed by atoms with van der Waals surface area (Å²) in [5, 5.41) is 22.8. The lowest BCUT2D eigenvalue weighted by molar-refractivity contribution is -0.122. The molecular formula is C18H20ClNO4. The van der Waals surface area contributed by atoms with Crippen molar-refractivity contribution in [2.24, 2.45) is 0 Å². The Bertz CT molecular complexity index is 678. The molecule has 0 aliphatic rings. The van der Waals surface area contributed by atoms with Crippen LogP contribution in [0, 0.1) is 0 Å². The monoisotopic (exact) mass is 349 g/mol. The van der Waals surface area contributed by atoms with Crippen molar-refractivity contribution < 1.29 is 19.7 Å². The fourth-order valence-corrected chi connectivity index (χ4v) is 2.65. The minimum atomic E-state index is -0.986. The van der Waals surface area contributed by atoms with Crippen molar-refractivity contribution in [3.8, 4) is 5.75 Å². The van der Waals surface area contributed by atoms with Crippen molar-refractivity contribution in [2.45, 2.75) is 18.6 Å². The fraction of sp³-hybridized carbons (Fsp3) is 0.278. The van der Waals surface area contributed by atoms with Crippen LogP contribution in [0.4, 0.5) is 0 Å². The fourth-order valence-electron chi connectivity index (χ4n) is 2.37. The van der Waals surface area contributed by atoms with Crippen LogP contribution in [0.5, 0.6) is 5.75 Å². The molecule has 24 heavy (non-hydrogen) atoms. The highest BCUT2D eigenvalue weighted by molar-refractivity contribution is 6.32. The first-order valence-electron chi connectivity index (χ1n) is 7.50. The number of ether oxygens (including phenoxy) is 1. The Morgan fingerprint density at radius 1 is 1.25 bits per heavy atom. The summed E-state index contributed by atoms with van der Waals surface area (Å²) in [5.41, 5.74) is 1.34. The van der Waals surface area contributed by atoms with Crippen LogP contribution in [0.3, 0.4) is 0 Å². The van der Waals surface area contributed by atoms with Gasteiger partial charge in [-0.1, -0.05) is 48.0 Å². The molecule has 2 aromatic carbocycles. The molecule has 6 heteroatoms. The first kappa shape index (κ1) is 18.3. The van der Waals surface area contributed by atoms with Crippen molar-refractivity contribution in [3.63, 3.8) is 0 Å². The number of aliphatic hydroxyl groups excluding tert-OH is 2. The van der Waals surface area contributed by atoms with Crippen LogP contribution in [-0.2, 0) is 11.2 Å². The molecule has 0 aliphatic carbocycles. The summed E-state index contributed by atoms with van der Waals surface area (Å²) in [4.78, 5) is 12.2. The van der Waals surface area contributed by atoms with Gasteiger partial charge in [0, 0.05) is 0 Å². The predicted molar refractivity (Wildman–Crippen MR) is 92.1 cm³/mol. The Kier molecular flexibility index (Phi) is 6.61. The van der Waals surface area contributed by atoms with Crippen molar-refractivity contribution in [1.82, 2.24) is 5.32 Å². The van der Waals surface area contributed by atoms with E-state index in [1.54, 1.807) is 42.5 Å². The van der Waals surface area contributed by atoms with E-state index >= 15 is 0 Å². The van der Waals surface area contributed by atoms with Crippen molar-refractivity contribution in [3.05, 3.63) is 64.7 Å². The Balaban J connectivity index is 2.00. The number of hydrogen-bond acceptors (Lipinski definition) is 4. The van der Waals surface area contributed by atoms with Crippen molar-refractivity contribution >= 4 is 17.5 Å². The zero-order valence-corrected chi connectivity index (χ0v) is 14.0. The maximum absolute atomic E-state index is 12.2. The maximum atomic E-state index is 12.2. The van der Waals surface area contributed by atoms with E-state index in [0.29, 0.717) is 21.9 Å². The predicted octanol–water partition coefficient (Wildman–Crippen LogP) is 2.10. The van der Waals surface area contributed by atoms with Gasteiger partial charge >= 0.3 is 0 Å². The lowest BCUT2D eigenvalue weighted by Gasteiger charge is -2.22. The van der Waals surface area contributed by atoms with Gasteiger partial charge in [-0.15, -0.1) is 0 Å². The number of halogens is 1. The summed E-state index contributed by atoms with van der Waals surface area (Å²) in [6, 6.07) is 13.2. The number of benzene rings is 2. The zero-order chi connectivity index (χ0) is 17.5. The summed E-state index contributed by atoms with van der Waals surface area (Å²) < 4.78 is 5.07. The molecule has 0 saturated heterocycles. The third kappa shape index (κ3) is 4.71. The second-order valence-corrected chi connectivity index (χ2v) is 5.76. The Morgan fingerprint density at radius 2 is 1.96 bits per heavy atom. The molecule has 128 valence electrons. The number of methoxy groups -OCH3 is 1. The summed E-state index contributed by atoms with van der Waals surface area (Å²) in [7, 11) is 1.52. The number of aliphatic hydroxyl groups is 2. The van der Waals surface area contributed by atoms with E-state index in [0.717, 1.165) is 0 Å². The molecule has 0 aromatic heterocycles. The van der Waals surface area contributed by atoms with Crippen LogP contribution in [0.15, 0.2) is 48.5 Å². The van der Waals surface area contributed by atoms with E-state index in [1.165, 1.54) is 7.11 Å². The number of amides is 1. The summed E-state index contributed by atoms with van der Waals surface area (Å²) >= 11 is 6.04. The van der Waals surface area contributed by atoms with Gasteiger partial charge in [-0.3, -0.25) is 4.79 Å². The highest BCUT2D eigenvalue weighted by atomic mass is 35.5. The van der Waals surface area contributed by atoms with Gasteiger partial charge in [0.15, 0.2) is 0 Å². The molecule has 0 saturated carbocycles. The lowest BCUT2D eigenvalue weighted by Crippen LogP contribution is -2.42. The van der Waals surface area contributed by atoms with Crippen LogP contribution in [0.1, 0.15) is 17.2 Å². The zero-order valence-electron chi connectivity index (χ0n) is 13.3. The van der Waals surface area contributed by atoms with E-state index in [9.17, 15) is 15.0 Å². The molecule has 1 amide bonds. The Labute approximate surface area is 145 Å². The maximum Gasteiger partial charge on any atom is 0.224 e. The van der Waals surface area contributed by atoms with E-state index in [-0.39, 0.29) is 18.9 Å². The normalized spacial score (nSPS) is 13.2. The van der Waals surface area contributed by atoms with Crippen molar-refractivity contribution in [2.75, 3.05) is 13.7 Å². The molecule has 0 unspecified atom stereocenters. The quantitative estimate of drug-likeness (QED) is 0.715. The smallest absolute Gasteiger partial charge is 0.224 e. The van der Waals surface area contributed by atoms with Crippen LogP contribution in [0.2, 0.25) is 5.02 Å². The average Bonchev–Trinajstić information content (AvgIpc) is 2.60. The molecule has 0 radical (unpaired) electrons. The second-order valence-electron chi connectivity index (χ2n) is 5.36. The topological polar surface area (TPSA) is 78.8 Å². The van der Waals surface area contributed by atoms with Crippen molar-refractivity contribution in [1.29, 1.82) is 0 Å². The van der Waals surface area contributed by atoms with Crippen LogP contribution >= 0.6 is 11.6 Å². The molecule has 2 aromatic rings. The largest absolute Gasteiger partial charge is 0.495 e. The number of nitrogens with one attached hydrogen (secondary N) is 1. The van der Waals surface area contributed by atoms with Crippen LogP contribution < -0.4 is 10.1 Å². The van der Waals surface area contributed by atoms with Gasteiger partial charge in [0.2, 0.25) is 5.91 Å². The molecule has 0 bridgehead atoms. The standard InChI is InChI=1S/C18H20ClNO4/c1-24-16-8-7-12(9-14(16)19)10-17(22)20-15(11-21)18(23)13-5-3-2-4-6-13/h2-9,15,18,21,23H,10-11H2,1H3,(H,20,22)/t15-,18-/m0/s1. The van der Waals surface area contributed by atoms with Gasteiger partial charge in [0.05, 0.1) is 31.2 Å². The minimum absolute atomic E-state index is 0.0850. The molecule has 3 N–H and O–H groups in total. The average molecular weight is 350 g/mol. The highest BCUT2D eigenvalue weighted by Gasteiger charge is 2.22. The number of hydrogen-bond donors (Lipinski definition) is 3. The van der Waals surface area contributed by atoms with Gasteiger partial charge in [-0.25, -0.2) is 0 Å². The lowest BCUT2D eigenvalue weighted by atomic mass is 10.0. The minimum Gasteiger partial charge on any atom is -0.495 e. The first-order chi connectivity index (χ1) is 11.5. The van der Waals surface area contributed by atoms with E-state index < -0.39 is 12.1 Å². The van der Waals surface area contributed by atoms with Crippen LogP contribution in [0.25, 0.3) is 0 Å². The molecule has 2 atom stereocenters. The van der Waals surface area contributed by atoms with Gasteiger partial charge < -0.3 is 20.3 Å². The van der Waals surface area contributed by atoms with Gasteiger partial charge in [-0.2, -0.15) is 0 Å². The number of rotatable bonds is 7. The second kappa shape index (κ2) is 8.68. The Morgan fingerprint density at radius 3 is 2.54 bits per heavy atom. The third-order valence-electron chi connectivity index (χ3n) is 3.65. The van der Waals surface area contributed by atoms with Crippen LogP contribution in [-0.4, -0.2) is 35.9 Å². The molecule has 2 rings (SSSR count). The molecule has 0 heterocycles. The molecule has 0 aliphatic heterocycles. The number of carbonyl (C=O) groups excluding carboxylic acids is 1. The number of carbonyl (C=O) groups is 1. The molecule has 5 nitrogen and oxygen atoms in total. The molecule has 0 spiro atoms. The van der Waals surface area contributed by atoms with Gasteiger partial charge in [0.25, 0.3) is 0 Å². The van der Waals surface area contributed by atoms with E-state index in [2.05, 4.69) is 5.32 Å². The SMILES string of the molecule is COc1ccc(CC(=O)N[C@@H](CO)[C@@H](O)c2ccccc2)cc1Cl. The van der Waals surface area contributed by atoms with E-state index in [1.807, 2.05) is 6.07 Å². The first-order valence-corrected chi connectivity index (χ1v) is 7.88. The van der Waals surface area contributed by atoms with E-state index in [4.69, 9.17) is 16.3 Å². The van der Waals surface area contributed by atoms with Gasteiger partial charge in [0.1, 0.15) is 11.9 Å². The summed E-state index contributed by atoms with van der Waals surface area (Å²) in [6.45, 7) is -0.370.